The number of nitrogens with two attached hydrogens (primary N) is 1. The van der Waals surface area contributed by atoms with E-state index in [4.69, 9.17) is 33.5 Å². The Bertz CT molecular complexity index is 1020. The molecule has 4 rings (SSSR count). The number of aromatic nitrogens is 4. The molecule has 0 aromatic carbocycles. The largest absolute Gasteiger partial charge is 0.476 e. The number of rotatable bonds is 7. The summed E-state index contributed by atoms with van der Waals surface area (Å²) in [5, 5.41) is 0. The molecule has 14 heteroatoms. The Morgan fingerprint density at radius 2 is 2.16 bits per heavy atom. The molecule has 13 nitrogen and oxygen atoms in total. The van der Waals surface area contributed by atoms with Crippen LogP contribution in [0.1, 0.15) is 27.0 Å². The lowest BCUT2D eigenvalue weighted by Crippen LogP contribution is -2.36. The van der Waals surface area contributed by atoms with Crippen molar-refractivity contribution in [1.29, 1.82) is 0 Å². The summed E-state index contributed by atoms with van der Waals surface area (Å²) in [6, 6.07) is 0. The van der Waals surface area contributed by atoms with Gasteiger partial charge < -0.3 is 19.9 Å². The molecule has 170 valence electrons. The Morgan fingerprint density at radius 3 is 2.90 bits per heavy atom. The molecular formula is C17H24N5O8P. The molecule has 2 aliphatic rings. The highest BCUT2D eigenvalue weighted by atomic mass is 31.2. The first-order valence-corrected chi connectivity index (χ1v) is 11.3. The number of hydrogen-bond donors (Lipinski definition) is 1. The van der Waals surface area contributed by atoms with Gasteiger partial charge in [0.1, 0.15) is 18.4 Å². The molecule has 2 N–H and O–H groups in total. The number of fused-ring (bicyclic) bond motifs is 2. The molecule has 0 amide bonds. The summed E-state index contributed by atoms with van der Waals surface area (Å²) < 4.78 is 46.9. The van der Waals surface area contributed by atoms with E-state index >= 15 is 0 Å². The molecule has 2 aliphatic heterocycles. The SMILES string of the molecule is CCOC(=O)CO[P@@]1(=O)OC[C@H]2O[C@@H](n3cnc4c(OCC)nc(N)nc43)[C@@H](C)[C@@H]2O1. The normalized spacial score (nSPS) is 30.3. The zero-order chi connectivity index (χ0) is 22.2. The Morgan fingerprint density at radius 1 is 1.35 bits per heavy atom. The van der Waals surface area contributed by atoms with Crippen LogP contribution in [-0.2, 0) is 32.4 Å². The van der Waals surface area contributed by atoms with Gasteiger partial charge in [-0.2, -0.15) is 9.97 Å². The van der Waals surface area contributed by atoms with Crippen LogP contribution in [0.4, 0.5) is 5.95 Å². The first kappa shape index (κ1) is 21.9. The van der Waals surface area contributed by atoms with Crippen LogP contribution >= 0.6 is 7.82 Å². The van der Waals surface area contributed by atoms with Crippen molar-refractivity contribution in [2.24, 2.45) is 5.92 Å². The summed E-state index contributed by atoms with van der Waals surface area (Å²) in [4.78, 5) is 24.2. The van der Waals surface area contributed by atoms with Crippen molar-refractivity contribution in [2.45, 2.75) is 39.2 Å². The van der Waals surface area contributed by atoms with Gasteiger partial charge in [0.05, 0.1) is 26.1 Å². The van der Waals surface area contributed by atoms with Gasteiger partial charge in [0, 0.05) is 5.92 Å². The van der Waals surface area contributed by atoms with Crippen LogP contribution in [0, 0.1) is 5.92 Å². The van der Waals surface area contributed by atoms with E-state index < -0.39 is 38.8 Å². The van der Waals surface area contributed by atoms with E-state index in [1.807, 2.05) is 13.8 Å². The number of nitrogen functional groups attached to an aromatic ring is 1. The quantitative estimate of drug-likeness (QED) is 0.471. The summed E-state index contributed by atoms with van der Waals surface area (Å²) in [5.41, 5.74) is 6.71. The number of esters is 1. The number of hydrogen-bond acceptors (Lipinski definition) is 12. The van der Waals surface area contributed by atoms with Crippen molar-refractivity contribution >= 4 is 30.9 Å². The maximum Gasteiger partial charge on any atom is 0.475 e. The molecule has 0 spiro atoms. The molecular weight excluding hydrogens is 433 g/mol. The number of phosphoric acid groups is 1. The molecule has 2 saturated heterocycles. The first-order chi connectivity index (χ1) is 14.8. The van der Waals surface area contributed by atoms with Crippen LogP contribution < -0.4 is 10.5 Å². The van der Waals surface area contributed by atoms with E-state index in [1.165, 1.54) is 0 Å². The molecule has 2 aromatic rings. The van der Waals surface area contributed by atoms with Crippen LogP contribution in [0.15, 0.2) is 6.33 Å². The Balaban J connectivity index is 1.54. The summed E-state index contributed by atoms with van der Waals surface area (Å²) in [6.07, 6.45) is -0.104. The third-order valence-electron chi connectivity index (χ3n) is 4.90. The fourth-order valence-electron chi connectivity index (χ4n) is 3.57. The second kappa shape index (κ2) is 8.67. The fourth-order valence-corrected chi connectivity index (χ4v) is 4.99. The van der Waals surface area contributed by atoms with Crippen molar-refractivity contribution in [2.75, 3.05) is 32.2 Å². The Labute approximate surface area is 177 Å². The van der Waals surface area contributed by atoms with Crippen LogP contribution in [0.5, 0.6) is 5.88 Å². The van der Waals surface area contributed by atoms with Crippen molar-refractivity contribution < 1.29 is 37.1 Å². The summed E-state index contributed by atoms with van der Waals surface area (Å²) >= 11 is 0. The van der Waals surface area contributed by atoms with Crippen LogP contribution in [0.2, 0.25) is 0 Å². The maximum atomic E-state index is 12.8. The number of phosphoric ester groups is 1. The van der Waals surface area contributed by atoms with Crippen molar-refractivity contribution in [3.05, 3.63) is 6.33 Å². The number of ether oxygens (including phenoxy) is 3. The predicted molar refractivity (Wildman–Crippen MR) is 105 cm³/mol. The van der Waals surface area contributed by atoms with Gasteiger partial charge >= 0.3 is 13.8 Å². The lowest BCUT2D eigenvalue weighted by molar-refractivity contribution is -0.147. The molecule has 4 heterocycles. The highest BCUT2D eigenvalue weighted by molar-refractivity contribution is 7.48. The van der Waals surface area contributed by atoms with Crippen LogP contribution in [0.3, 0.4) is 0 Å². The number of imidazole rings is 1. The van der Waals surface area contributed by atoms with Crippen LogP contribution in [-0.4, -0.2) is 64.1 Å². The second-order valence-electron chi connectivity index (χ2n) is 6.96. The minimum atomic E-state index is -3.95. The van der Waals surface area contributed by atoms with Gasteiger partial charge in [-0.05, 0) is 13.8 Å². The highest BCUT2D eigenvalue weighted by Crippen LogP contribution is 2.57. The van der Waals surface area contributed by atoms with E-state index in [-0.39, 0.29) is 31.0 Å². The predicted octanol–water partition coefficient (Wildman–Crippen LogP) is 1.44. The number of nitrogens with zero attached hydrogens (tertiary/aromatic N) is 4. The smallest absolute Gasteiger partial charge is 0.475 e. The fraction of sp³-hybridized carbons (Fsp3) is 0.647. The first-order valence-electron chi connectivity index (χ1n) is 9.86. The molecule has 0 radical (unpaired) electrons. The number of carbonyl (C=O) groups is 1. The van der Waals surface area contributed by atoms with E-state index in [2.05, 4.69) is 15.0 Å². The summed E-state index contributed by atoms with van der Waals surface area (Å²) in [6.45, 7) is 5.37. The molecule has 31 heavy (non-hydrogen) atoms. The Kier molecular flexibility index (Phi) is 6.13. The van der Waals surface area contributed by atoms with E-state index in [1.54, 1.807) is 17.8 Å². The number of anilines is 1. The lowest BCUT2D eigenvalue weighted by Gasteiger charge is -2.31. The van der Waals surface area contributed by atoms with Gasteiger partial charge in [-0.25, -0.2) is 14.3 Å². The monoisotopic (exact) mass is 457 g/mol. The molecule has 2 fully saturated rings. The van der Waals surface area contributed by atoms with Gasteiger partial charge in [-0.15, -0.1) is 0 Å². The van der Waals surface area contributed by atoms with Crippen LogP contribution in [0.25, 0.3) is 11.2 Å². The van der Waals surface area contributed by atoms with Gasteiger partial charge in [-0.1, -0.05) is 6.92 Å². The molecule has 0 aliphatic carbocycles. The zero-order valence-corrected chi connectivity index (χ0v) is 18.2. The van der Waals surface area contributed by atoms with Crippen molar-refractivity contribution in [3.8, 4) is 5.88 Å². The molecule has 5 atom stereocenters. The molecule has 0 unspecified atom stereocenters. The zero-order valence-electron chi connectivity index (χ0n) is 17.3. The second-order valence-corrected chi connectivity index (χ2v) is 8.58. The molecule has 0 saturated carbocycles. The lowest BCUT2D eigenvalue weighted by atomic mass is 10.0. The average Bonchev–Trinajstić information content (AvgIpc) is 3.28. The van der Waals surface area contributed by atoms with Gasteiger partial charge in [0.2, 0.25) is 11.8 Å². The van der Waals surface area contributed by atoms with E-state index in [0.717, 1.165) is 0 Å². The van der Waals surface area contributed by atoms with Gasteiger partial charge in [0.15, 0.2) is 17.8 Å². The van der Waals surface area contributed by atoms with Crippen molar-refractivity contribution in [1.82, 2.24) is 19.5 Å². The van der Waals surface area contributed by atoms with Gasteiger partial charge in [0.25, 0.3) is 0 Å². The standard InChI is InChI=1S/C17H24N5O8P/c1-4-25-11(23)7-28-31(24)27-6-10-13(30-31)9(3)16(29-10)22-8-19-12-14(22)20-17(18)21-15(12)26-5-2/h8-10,13,16H,4-7H2,1-3H3,(H2,18,20,21)/t9-,10+,13-,16+,31+/m0/s1. The topological polar surface area (TPSA) is 159 Å². The average molecular weight is 457 g/mol. The minimum absolute atomic E-state index is 0.0282. The summed E-state index contributed by atoms with van der Waals surface area (Å²) in [7, 11) is -3.95. The Hall–Kier alpha value is -2.31. The molecule has 0 bridgehead atoms. The van der Waals surface area contributed by atoms with Gasteiger partial charge in [-0.3, -0.25) is 18.1 Å². The third kappa shape index (κ3) is 4.23. The van der Waals surface area contributed by atoms with E-state index in [0.29, 0.717) is 17.8 Å². The van der Waals surface area contributed by atoms with Crippen molar-refractivity contribution in [3.63, 3.8) is 0 Å². The third-order valence-corrected chi connectivity index (χ3v) is 6.32. The number of carbonyl (C=O) groups excluding carboxylic acids is 1. The minimum Gasteiger partial charge on any atom is -0.476 e. The summed E-state index contributed by atoms with van der Waals surface area (Å²) in [5.74, 6) is -0.620. The molecule has 2 aromatic heterocycles. The van der Waals surface area contributed by atoms with E-state index in [9.17, 15) is 9.36 Å². The highest BCUT2D eigenvalue weighted by Gasteiger charge is 2.52. The maximum absolute atomic E-state index is 12.8.